The largest absolute Gasteiger partial charge is 0.497 e. The molecule has 2 amide bonds. The van der Waals surface area contributed by atoms with Gasteiger partial charge in [0.1, 0.15) is 11.5 Å². The van der Waals surface area contributed by atoms with Crippen LogP contribution in [-0.4, -0.2) is 43.0 Å². The fraction of sp³-hybridized carbons (Fsp3) is 0.391. The van der Waals surface area contributed by atoms with Crippen LogP contribution in [0, 0.1) is 0 Å². The summed E-state index contributed by atoms with van der Waals surface area (Å²) in [4.78, 5) is 27.6. The lowest BCUT2D eigenvalue weighted by Crippen LogP contribution is -2.37. The van der Waals surface area contributed by atoms with Crippen molar-refractivity contribution in [1.82, 2.24) is 4.90 Å². The molecule has 1 heterocycles. The van der Waals surface area contributed by atoms with Crippen LogP contribution in [0.4, 0.5) is 5.69 Å². The van der Waals surface area contributed by atoms with E-state index in [-0.39, 0.29) is 11.8 Å². The molecule has 0 aliphatic carbocycles. The van der Waals surface area contributed by atoms with Crippen molar-refractivity contribution >= 4 is 17.5 Å². The average molecular weight is 396 g/mol. The van der Waals surface area contributed by atoms with Crippen LogP contribution >= 0.6 is 0 Å². The molecule has 6 heteroatoms. The maximum Gasteiger partial charge on any atom is 0.265 e. The van der Waals surface area contributed by atoms with Gasteiger partial charge in [-0.15, -0.1) is 0 Å². The van der Waals surface area contributed by atoms with Crippen molar-refractivity contribution in [3.8, 4) is 11.5 Å². The van der Waals surface area contributed by atoms with Crippen molar-refractivity contribution in [3.63, 3.8) is 0 Å². The van der Waals surface area contributed by atoms with Crippen molar-refractivity contribution in [2.24, 2.45) is 0 Å². The third kappa shape index (κ3) is 5.28. The number of amides is 2. The topological polar surface area (TPSA) is 67.9 Å². The molecule has 1 atom stereocenters. The van der Waals surface area contributed by atoms with E-state index in [4.69, 9.17) is 9.47 Å². The monoisotopic (exact) mass is 396 g/mol. The van der Waals surface area contributed by atoms with Crippen LogP contribution in [0.2, 0.25) is 0 Å². The Labute approximate surface area is 171 Å². The number of methoxy groups -OCH3 is 1. The second-order valence-corrected chi connectivity index (χ2v) is 7.08. The van der Waals surface area contributed by atoms with E-state index in [2.05, 4.69) is 5.32 Å². The third-order valence-electron chi connectivity index (χ3n) is 5.06. The maximum absolute atomic E-state index is 12.9. The Hall–Kier alpha value is -3.02. The molecular weight excluding hydrogens is 368 g/mol. The summed E-state index contributed by atoms with van der Waals surface area (Å²) in [6.45, 7) is 3.41. The summed E-state index contributed by atoms with van der Waals surface area (Å²) in [6.07, 6.45) is 3.03. The molecule has 0 bridgehead atoms. The van der Waals surface area contributed by atoms with E-state index in [1.165, 1.54) is 0 Å². The first-order chi connectivity index (χ1) is 14.1. The molecule has 3 rings (SSSR count). The number of anilines is 1. The van der Waals surface area contributed by atoms with Crippen LogP contribution in [0.5, 0.6) is 11.5 Å². The minimum absolute atomic E-state index is 0.0373. The lowest BCUT2D eigenvalue weighted by atomic mass is 10.1. The van der Waals surface area contributed by atoms with Crippen molar-refractivity contribution < 1.29 is 19.1 Å². The highest BCUT2D eigenvalue weighted by Crippen LogP contribution is 2.22. The van der Waals surface area contributed by atoms with Crippen molar-refractivity contribution in [3.05, 3.63) is 54.1 Å². The summed E-state index contributed by atoms with van der Waals surface area (Å²) in [5.74, 6) is 0.998. The fourth-order valence-corrected chi connectivity index (χ4v) is 3.40. The van der Waals surface area contributed by atoms with Gasteiger partial charge in [-0.1, -0.05) is 19.1 Å². The molecule has 1 N–H and O–H groups in total. The summed E-state index contributed by atoms with van der Waals surface area (Å²) < 4.78 is 11.0. The van der Waals surface area contributed by atoms with E-state index >= 15 is 0 Å². The molecular formula is C23H28N2O4. The van der Waals surface area contributed by atoms with Crippen LogP contribution < -0.4 is 14.8 Å². The number of carbonyl (C=O) groups is 2. The number of para-hydroxylation sites is 1. The quantitative estimate of drug-likeness (QED) is 0.765. The first-order valence-electron chi connectivity index (χ1n) is 10.1. The second kappa shape index (κ2) is 9.96. The number of ether oxygens (including phenoxy) is 2. The van der Waals surface area contributed by atoms with Gasteiger partial charge in [-0.05, 0) is 62.1 Å². The van der Waals surface area contributed by atoms with Crippen LogP contribution in [0.1, 0.15) is 43.0 Å². The van der Waals surface area contributed by atoms with Gasteiger partial charge in [0.05, 0.1) is 18.4 Å². The molecule has 154 valence electrons. The van der Waals surface area contributed by atoms with Crippen molar-refractivity contribution in [2.45, 2.75) is 38.7 Å². The Morgan fingerprint density at radius 1 is 1.00 bits per heavy atom. The first kappa shape index (κ1) is 20.7. The Balaban J connectivity index is 1.70. The molecule has 0 aromatic heterocycles. The zero-order valence-corrected chi connectivity index (χ0v) is 17.0. The number of hydrogen-bond acceptors (Lipinski definition) is 4. The van der Waals surface area contributed by atoms with E-state index in [0.717, 1.165) is 38.1 Å². The van der Waals surface area contributed by atoms with Crippen LogP contribution in [0.3, 0.4) is 0 Å². The molecule has 1 fully saturated rings. The molecule has 0 saturated carbocycles. The Morgan fingerprint density at radius 3 is 2.31 bits per heavy atom. The van der Waals surface area contributed by atoms with Crippen LogP contribution in [-0.2, 0) is 4.79 Å². The summed E-state index contributed by atoms with van der Waals surface area (Å²) >= 11 is 0. The molecule has 6 nitrogen and oxygen atoms in total. The summed E-state index contributed by atoms with van der Waals surface area (Å²) in [6, 6.07) is 14.3. The molecule has 2 aromatic rings. The lowest BCUT2D eigenvalue weighted by molar-refractivity contribution is -0.122. The predicted octanol–water partition coefficient (Wildman–Crippen LogP) is 4.12. The highest BCUT2D eigenvalue weighted by Gasteiger charge is 2.24. The highest BCUT2D eigenvalue weighted by atomic mass is 16.5. The van der Waals surface area contributed by atoms with Gasteiger partial charge in [0.25, 0.3) is 11.8 Å². The minimum Gasteiger partial charge on any atom is -0.497 e. The van der Waals surface area contributed by atoms with Gasteiger partial charge < -0.3 is 19.7 Å². The second-order valence-electron chi connectivity index (χ2n) is 7.08. The number of likely N-dealkylation sites (tertiary alicyclic amines) is 1. The van der Waals surface area contributed by atoms with Gasteiger partial charge in [0.2, 0.25) is 0 Å². The molecule has 0 unspecified atom stereocenters. The smallest absolute Gasteiger partial charge is 0.265 e. The molecule has 0 radical (unpaired) electrons. The van der Waals surface area contributed by atoms with Gasteiger partial charge in [-0.25, -0.2) is 0 Å². The van der Waals surface area contributed by atoms with Crippen LogP contribution in [0.25, 0.3) is 0 Å². The van der Waals surface area contributed by atoms with Gasteiger partial charge in [-0.2, -0.15) is 0 Å². The normalized spacial score (nSPS) is 14.8. The predicted molar refractivity (Wildman–Crippen MR) is 113 cm³/mol. The number of rotatable bonds is 7. The minimum atomic E-state index is -0.665. The van der Waals surface area contributed by atoms with Crippen molar-refractivity contribution in [2.75, 3.05) is 25.5 Å². The Kier molecular flexibility index (Phi) is 7.11. The number of nitrogens with zero attached hydrogens (tertiary/aromatic N) is 1. The lowest BCUT2D eigenvalue weighted by Gasteiger charge is -2.27. The number of benzene rings is 2. The molecule has 1 saturated heterocycles. The summed E-state index contributed by atoms with van der Waals surface area (Å²) in [7, 11) is 1.60. The molecule has 1 aliphatic heterocycles. The fourth-order valence-electron chi connectivity index (χ4n) is 3.40. The number of carbonyl (C=O) groups excluding carboxylic acids is 2. The standard InChI is InChI=1S/C23H28N2O4/c1-3-21(29-18-13-11-17(28-2)12-14-18)22(26)24-20-10-6-5-9-19(20)23(27)25-15-7-4-8-16-25/h5-6,9-14,21H,3-4,7-8,15-16H2,1-2H3,(H,24,26)/t21-/m0/s1. The number of nitrogens with one attached hydrogen (secondary N) is 1. The zero-order chi connectivity index (χ0) is 20.6. The Morgan fingerprint density at radius 2 is 1.66 bits per heavy atom. The van der Waals surface area contributed by atoms with E-state index in [9.17, 15) is 9.59 Å². The zero-order valence-electron chi connectivity index (χ0n) is 17.0. The maximum atomic E-state index is 12.9. The van der Waals surface area contributed by atoms with E-state index in [0.29, 0.717) is 23.4 Å². The third-order valence-corrected chi connectivity index (χ3v) is 5.06. The summed E-state index contributed by atoms with van der Waals surface area (Å²) in [5, 5.41) is 2.89. The highest BCUT2D eigenvalue weighted by molar-refractivity contribution is 6.04. The van der Waals surface area contributed by atoms with E-state index in [1.54, 1.807) is 43.5 Å². The van der Waals surface area contributed by atoms with E-state index < -0.39 is 6.10 Å². The molecule has 0 spiro atoms. The van der Waals surface area contributed by atoms with Gasteiger partial charge in [0.15, 0.2) is 6.10 Å². The average Bonchev–Trinajstić information content (AvgIpc) is 2.78. The summed E-state index contributed by atoms with van der Waals surface area (Å²) in [5.41, 5.74) is 1.03. The number of hydrogen-bond donors (Lipinski definition) is 1. The Bertz CT molecular complexity index is 829. The van der Waals surface area contributed by atoms with E-state index in [1.807, 2.05) is 24.0 Å². The molecule has 29 heavy (non-hydrogen) atoms. The van der Waals surface area contributed by atoms with Gasteiger partial charge in [0, 0.05) is 13.1 Å². The first-order valence-corrected chi connectivity index (χ1v) is 10.1. The van der Waals surface area contributed by atoms with Crippen molar-refractivity contribution in [1.29, 1.82) is 0 Å². The molecule has 2 aromatic carbocycles. The van der Waals surface area contributed by atoms with Gasteiger partial charge in [-0.3, -0.25) is 9.59 Å². The van der Waals surface area contributed by atoms with Gasteiger partial charge >= 0.3 is 0 Å². The molecule has 1 aliphatic rings. The van der Waals surface area contributed by atoms with Crippen LogP contribution in [0.15, 0.2) is 48.5 Å². The number of piperidine rings is 1. The SMILES string of the molecule is CC[C@H](Oc1ccc(OC)cc1)C(=O)Nc1ccccc1C(=O)N1CCCCC1.